The van der Waals surface area contributed by atoms with Gasteiger partial charge in [0.15, 0.2) is 0 Å². The van der Waals surface area contributed by atoms with Crippen molar-refractivity contribution in [1.29, 1.82) is 0 Å². The monoisotopic (exact) mass is 271 g/mol. The molecule has 0 aromatic carbocycles. The number of carbonyl (C=O) groups is 1. The second-order valence-electron chi connectivity index (χ2n) is 4.29. The average molecular weight is 272 g/mol. The van der Waals surface area contributed by atoms with Crippen LogP contribution in [0.5, 0.6) is 0 Å². The first kappa shape index (κ1) is 14.9. The number of hydrogen-bond acceptors (Lipinski definition) is 3. The van der Waals surface area contributed by atoms with Crippen molar-refractivity contribution in [3.05, 3.63) is 29.0 Å². The highest BCUT2D eigenvalue weighted by atomic mass is 35.5. The number of halogens is 1. The Hall–Kier alpha value is -1.13. The van der Waals surface area contributed by atoms with Crippen molar-refractivity contribution >= 4 is 17.6 Å². The van der Waals surface area contributed by atoms with Gasteiger partial charge in [0.2, 0.25) is 0 Å². The maximum absolute atomic E-state index is 10.7. The van der Waals surface area contributed by atoms with Crippen molar-refractivity contribution in [2.75, 3.05) is 7.11 Å². The molecule has 1 aromatic heterocycles. The number of carboxylic acid groups (broad SMARTS) is 1. The van der Waals surface area contributed by atoms with Crippen LogP contribution in [0.4, 0.5) is 0 Å². The molecule has 0 aliphatic heterocycles. The van der Waals surface area contributed by atoms with Crippen molar-refractivity contribution in [2.45, 2.75) is 32.3 Å². The molecule has 0 spiro atoms. The van der Waals surface area contributed by atoms with Crippen LogP contribution < -0.4 is 0 Å². The summed E-state index contributed by atoms with van der Waals surface area (Å²) in [5.74, 6) is -1.08. The number of methoxy groups -OCH3 is 1. The third-order valence-electron chi connectivity index (χ3n) is 2.88. The lowest BCUT2D eigenvalue weighted by atomic mass is 10.0. The smallest absolute Gasteiger partial charge is 0.306 e. The maximum Gasteiger partial charge on any atom is 0.306 e. The molecule has 1 N–H and O–H groups in total. The standard InChI is InChI=1S/C13H18ClNO3/c1-9(13(16)17)4-3-5-12(18-2)11-8-10(14)6-7-15-11/h6-9,12H,3-5H2,1-2H3,(H,16,17). The van der Waals surface area contributed by atoms with Gasteiger partial charge in [-0.1, -0.05) is 18.5 Å². The average Bonchev–Trinajstić information content (AvgIpc) is 2.34. The minimum atomic E-state index is -0.759. The van der Waals surface area contributed by atoms with Gasteiger partial charge in [0, 0.05) is 18.3 Å². The molecule has 5 heteroatoms. The van der Waals surface area contributed by atoms with Gasteiger partial charge in [-0.2, -0.15) is 0 Å². The Balaban J connectivity index is 2.50. The first-order valence-electron chi connectivity index (χ1n) is 5.91. The summed E-state index contributed by atoms with van der Waals surface area (Å²) in [4.78, 5) is 14.9. The van der Waals surface area contributed by atoms with Crippen LogP contribution in [0, 0.1) is 5.92 Å². The quantitative estimate of drug-likeness (QED) is 0.826. The number of ether oxygens (including phenoxy) is 1. The van der Waals surface area contributed by atoms with E-state index in [1.807, 2.05) is 0 Å². The predicted molar refractivity (Wildman–Crippen MR) is 69.6 cm³/mol. The van der Waals surface area contributed by atoms with Gasteiger partial charge in [0.05, 0.1) is 17.7 Å². The molecule has 2 atom stereocenters. The zero-order chi connectivity index (χ0) is 13.5. The van der Waals surface area contributed by atoms with Gasteiger partial charge >= 0.3 is 5.97 Å². The van der Waals surface area contributed by atoms with E-state index in [2.05, 4.69) is 4.98 Å². The van der Waals surface area contributed by atoms with Gasteiger partial charge in [-0.15, -0.1) is 0 Å². The van der Waals surface area contributed by atoms with E-state index in [9.17, 15) is 4.79 Å². The van der Waals surface area contributed by atoms with Crippen LogP contribution in [0.3, 0.4) is 0 Å². The molecule has 0 bridgehead atoms. The molecule has 1 heterocycles. The summed E-state index contributed by atoms with van der Waals surface area (Å²) >= 11 is 5.90. The lowest BCUT2D eigenvalue weighted by Gasteiger charge is -2.15. The largest absolute Gasteiger partial charge is 0.481 e. The summed E-state index contributed by atoms with van der Waals surface area (Å²) < 4.78 is 5.37. The van der Waals surface area contributed by atoms with E-state index in [0.717, 1.165) is 18.5 Å². The van der Waals surface area contributed by atoms with Crippen LogP contribution in [-0.4, -0.2) is 23.2 Å². The van der Waals surface area contributed by atoms with E-state index in [1.165, 1.54) is 0 Å². The van der Waals surface area contributed by atoms with Crippen LogP contribution in [0.15, 0.2) is 18.3 Å². The zero-order valence-corrected chi connectivity index (χ0v) is 11.4. The molecule has 0 aliphatic carbocycles. The van der Waals surface area contributed by atoms with E-state index < -0.39 is 5.97 Å². The van der Waals surface area contributed by atoms with Crippen LogP contribution in [0.2, 0.25) is 5.02 Å². The molecular formula is C13H18ClNO3. The van der Waals surface area contributed by atoms with Gasteiger partial charge in [-0.25, -0.2) is 0 Å². The molecule has 18 heavy (non-hydrogen) atoms. The van der Waals surface area contributed by atoms with Crippen molar-refractivity contribution < 1.29 is 14.6 Å². The second kappa shape index (κ2) is 7.34. The topological polar surface area (TPSA) is 59.4 Å². The first-order chi connectivity index (χ1) is 8.54. The van der Waals surface area contributed by atoms with E-state index in [0.29, 0.717) is 11.4 Å². The second-order valence-corrected chi connectivity index (χ2v) is 4.73. The van der Waals surface area contributed by atoms with Crippen molar-refractivity contribution in [3.8, 4) is 0 Å². The number of rotatable bonds is 7. The van der Waals surface area contributed by atoms with Crippen LogP contribution in [0.1, 0.15) is 38.0 Å². The molecule has 0 aliphatic rings. The Bertz CT molecular complexity index is 398. The summed E-state index contributed by atoms with van der Waals surface area (Å²) in [6, 6.07) is 3.49. The van der Waals surface area contributed by atoms with Crippen LogP contribution in [-0.2, 0) is 9.53 Å². The summed E-state index contributed by atoms with van der Waals surface area (Å²) in [5, 5.41) is 9.42. The van der Waals surface area contributed by atoms with E-state index in [1.54, 1.807) is 32.4 Å². The maximum atomic E-state index is 10.7. The normalized spacial score (nSPS) is 14.2. The van der Waals surface area contributed by atoms with Crippen LogP contribution in [0.25, 0.3) is 0 Å². The number of aliphatic carboxylic acids is 1. The predicted octanol–water partition coefficient (Wildman–Crippen LogP) is 3.31. The fourth-order valence-corrected chi connectivity index (χ4v) is 1.88. The molecule has 1 aromatic rings. The van der Waals surface area contributed by atoms with E-state index in [4.69, 9.17) is 21.4 Å². The number of nitrogens with zero attached hydrogens (tertiary/aromatic N) is 1. The summed E-state index contributed by atoms with van der Waals surface area (Å²) in [7, 11) is 1.62. The lowest BCUT2D eigenvalue weighted by molar-refractivity contribution is -0.141. The SMILES string of the molecule is COC(CCCC(C)C(=O)O)c1cc(Cl)ccn1. The highest BCUT2D eigenvalue weighted by molar-refractivity contribution is 6.30. The first-order valence-corrected chi connectivity index (χ1v) is 6.29. The molecule has 0 saturated heterocycles. The molecule has 0 saturated carbocycles. The van der Waals surface area contributed by atoms with Gasteiger partial charge in [-0.05, 0) is 31.4 Å². The third-order valence-corrected chi connectivity index (χ3v) is 3.12. The lowest BCUT2D eigenvalue weighted by Crippen LogP contribution is -2.10. The number of hydrogen-bond donors (Lipinski definition) is 1. The minimum absolute atomic E-state index is 0.135. The molecule has 2 unspecified atom stereocenters. The molecule has 0 radical (unpaired) electrons. The van der Waals surface area contributed by atoms with Crippen molar-refractivity contribution in [3.63, 3.8) is 0 Å². The molecule has 0 fully saturated rings. The number of carboxylic acids is 1. The molecular weight excluding hydrogens is 254 g/mol. The molecule has 100 valence electrons. The third kappa shape index (κ3) is 4.63. The van der Waals surface area contributed by atoms with E-state index >= 15 is 0 Å². The Kier molecular flexibility index (Phi) is 6.09. The summed E-state index contributed by atoms with van der Waals surface area (Å²) in [6.45, 7) is 1.71. The van der Waals surface area contributed by atoms with Gasteiger partial charge in [-0.3, -0.25) is 9.78 Å². The van der Waals surface area contributed by atoms with Gasteiger partial charge in [0.25, 0.3) is 0 Å². The number of aromatic nitrogens is 1. The van der Waals surface area contributed by atoms with E-state index in [-0.39, 0.29) is 12.0 Å². The molecule has 0 amide bonds. The van der Waals surface area contributed by atoms with Crippen molar-refractivity contribution in [2.24, 2.45) is 5.92 Å². The highest BCUT2D eigenvalue weighted by Crippen LogP contribution is 2.24. The Morgan fingerprint density at radius 3 is 2.83 bits per heavy atom. The fourth-order valence-electron chi connectivity index (χ4n) is 1.72. The van der Waals surface area contributed by atoms with Crippen molar-refractivity contribution in [1.82, 2.24) is 4.98 Å². The summed E-state index contributed by atoms with van der Waals surface area (Å²) in [5.41, 5.74) is 0.785. The Labute approximate surface area is 112 Å². The molecule has 1 rings (SSSR count). The minimum Gasteiger partial charge on any atom is -0.481 e. The fraction of sp³-hybridized carbons (Fsp3) is 0.538. The van der Waals surface area contributed by atoms with Gasteiger partial charge < -0.3 is 9.84 Å². The zero-order valence-electron chi connectivity index (χ0n) is 10.6. The Morgan fingerprint density at radius 2 is 2.28 bits per heavy atom. The van der Waals surface area contributed by atoms with Gasteiger partial charge in [0.1, 0.15) is 0 Å². The van der Waals surface area contributed by atoms with Crippen LogP contribution >= 0.6 is 11.6 Å². The summed E-state index contributed by atoms with van der Waals surface area (Å²) in [6.07, 6.45) is 3.66. The Morgan fingerprint density at radius 1 is 1.56 bits per heavy atom. The number of pyridine rings is 1. The highest BCUT2D eigenvalue weighted by Gasteiger charge is 2.15. The molecule has 4 nitrogen and oxygen atoms in total.